The van der Waals surface area contributed by atoms with Gasteiger partial charge in [0.15, 0.2) is 0 Å². The van der Waals surface area contributed by atoms with Crippen molar-refractivity contribution in [2.75, 3.05) is 26.2 Å². The average Bonchev–Trinajstić information content (AvgIpc) is 2.48. The van der Waals surface area contributed by atoms with Crippen LogP contribution in [0, 0.1) is 11.3 Å². The van der Waals surface area contributed by atoms with E-state index in [2.05, 4.69) is 48.3 Å². The van der Waals surface area contributed by atoms with E-state index in [9.17, 15) is 0 Å². The molecule has 20 heavy (non-hydrogen) atoms. The molecule has 2 aliphatic rings. The molecule has 1 unspecified atom stereocenters. The van der Waals surface area contributed by atoms with Gasteiger partial charge in [0.05, 0.1) is 0 Å². The summed E-state index contributed by atoms with van der Waals surface area (Å²) in [5.74, 6) is 0.827. The average molecular weight is 272 g/mol. The maximum absolute atomic E-state index is 3.58. The van der Waals surface area contributed by atoms with E-state index in [1.54, 1.807) is 5.56 Å². The smallest absolute Gasteiger partial charge is 0.0236 e. The van der Waals surface area contributed by atoms with Gasteiger partial charge in [-0.05, 0) is 54.8 Å². The molecule has 1 atom stereocenters. The summed E-state index contributed by atoms with van der Waals surface area (Å²) in [7, 11) is 0. The van der Waals surface area contributed by atoms with Crippen molar-refractivity contribution in [3.05, 3.63) is 35.4 Å². The molecule has 0 aliphatic carbocycles. The zero-order chi connectivity index (χ0) is 14.0. The summed E-state index contributed by atoms with van der Waals surface area (Å²) in [4.78, 5) is 2.66. The molecule has 0 bridgehead atoms. The minimum atomic E-state index is 0.416. The zero-order valence-corrected chi connectivity index (χ0v) is 13.0. The summed E-state index contributed by atoms with van der Waals surface area (Å²) in [6.45, 7) is 10.9. The number of nitrogens with one attached hydrogen (secondary N) is 1. The van der Waals surface area contributed by atoms with Crippen LogP contribution in [0.5, 0.6) is 0 Å². The Labute approximate surface area is 123 Å². The highest BCUT2D eigenvalue weighted by Gasteiger charge is 2.33. The molecule has 0 spiro atoms. The molecule has 1 saturated heterocycles. The van der Waals surface area contributed by atoms with Gasteiger partial charge >= 0.3 is 0 Å². The topological polar surface area (TPSA) is 15.3 Å². The van der Waals surface area contributed by atoms with Crippen LogP contribution >= 0.6 is 0 Å². The Kier molecular flexibility index (Phi) is 4.13. The number of fused-ring (bicyclic) bond motifs is 1. The lowest BCUT2D eigenvalue weighted by Crippen LogP contribution is -2.45. The largest absolute Gasteiger partial charge is 0.316 e. The van der Waals surface area contributed by atoms with E-state index in [0.29, 0.717) is 5.41 Å². The molecule has 0 radical (unpaired) electrons. The summed E-state index contributed by atoms with van der Waals surface area (Å²) in [6.07, 6.45) is 3.95. The van der Waals surface area contributed by atoms with Crippen molar-refractivity contribution in [2.24, 2.45) is 11.3 Å². The summed E-state index contributed by atoms with van der Waals surface area (Å²) in [6, 6.07) is 8.95. The van der Waals surface area contributed by atoms with E-state index in [4.69, 9.17) is 0 Å². The summed E-state index contributed by atoms with van der Waals surface area (Å²) < 4.78 is 0. The molecular weight excluding hydrogens is 244 g/mol. The van der Waals surface area contributed by atoms with Crippen LogP contribution in [0.2, 0.25) is 0 Å². The van der Waals surface area contributed by atoms with E-state index in [1.807, 2.05) is 0 Å². The first-order chi connectivity index (χ1) is 9.65. The highest BCUT2D eigenvalue weighted by Crippen LogP contribution is 2.33. The third-order valence-electron chi connectivity index (χ3n) is 5.24. The number of hydrogen-bond acceptors (Lipinski definition) is 2. The second kappa shape index (κ2) is 5.87. The Balaban J connectivity index is 1.63. The van der Waals surface area contributed by atoms with Crippen molar-refractivity contribution < 1.29 is 0 Å². The summed E-state index contributed by atoms with van der Waals surface area (Å²) in [5.41, 5.74) is 3.51. The lowest BCUT2D eigenvalue weighted by molar-refractivity contribution is 0.0929. The zero-order valence-electron chi connectivity index (χ0n) is 13.0. The van der Waals surface area contributed by atoms with Crippen LogP contribution < -0.4 is 5.32 Å². The highest BCUT2D eigenvalue weighted by molar-refractivity contribution is 5.29. The van der Waals surface area contributed by atoms with Gasteiger partial charge in [0.1, 0.15) is 0 Å². The Morgan fingerprint density at radius 3 is 2.80 bits per heavy atom. The fourth-order valence-corrected chi connectivity index (χ4v) is 3.91. The third kappa shape index (κ3) is 3.07. The number of nitrogens with zero attached hydrogens (tertiary/aromatic N) is 1. The van der Waals surface area contributed by atoms with Gasteiger partial charge in [-0.3, -0.25) is 4.90 Å². The Bertz CT molecular complexity index is 446. The number of benzene rings is 1. The molecule has 0 saturated carbocycles. The van der Waals surface area contributed by atoms with Gasteiger partial charge in [0.25, 0.3) is 0 Å². The number of piperidine rings is 1. The highest BCUT2D eigenvalue weighted by atomic mass is 15.1. The van der Waals surface area contributed by atoms with E-state index in [-0.39, 0.29) is 0 Å². The van der Waals surface area contributed by atoms with Crippen molar-refractivity contribution in [3.8, 4) is 0 Å². The van der Waals surface area contributed by atoms with E-state index in [1.165, 1.54) is 51.0 Å². The van der Waals surface area contributed by atoms with Crippen molar-refractivity contribution >= 4 is 0 Å². The predicted octanol–water partition coefficient (Wildman–Crippen LogP) is 3.07. The van der Waals surface area contributed by atoms with Crippen molar-refractivity contribution in [2.45, 2.75) is 39.7 Å². The fraction of sp³-hybridized carbons (Fsp3) is 0.667. The Hall–Kier alpha value is -0.860. The number of rotatable bonds is 3. The van der Waals surface area contributed by atoms with Gasteiger partial charge in [-0.1, -0.05) is 38.1 Å². The SMILES string of the molecule is CC(C)(CN1CCc2ccccc2C1)C1CCCNC1. The van der Waals surface area contributed by atoms with Crippen LogP contribution in [0.15, 0.2) is 24.3 Å². The quantitative estimate of drug-likeness (QED) is 0.909. The third-order valence-corrected chi connectivity index (χ3v) is 5.24. The second-order valence-electron chi connectivity index (χ2n) is 7.26. The van der Waals surface area contributed by atoms with E-state index >= 15 is 0 Å². The van der Waals surface area contributed by atoms with Crippen molar-refractivity contribution in [1.82, 2.24) is 10.2 Å². The molecule has 1 aromatic carbocycles. The monoisotopic (exact) mass is 272 g/mol. The first-order valence-electron chi connectivity index (χ1n) is 8.15. The van der Waals surface area contributed by atoms with Crippen molar-refractivity contribution in [1.29, 1.82) is 0 Å². The van der Waals surface area contributed by atoms with Gasteiger partial charge in [-0.25, -0.2) is 0 Å². The standard InChI is InChI=1S/C18H28N2/c1-18(2,17-8-5-10-19-12-17)14-20-11-9-15-6-3-4-7-16(15)13-20/h3-4,6-7,17,19H,5,8-14H2,1-2H3. The van der Waals surface area contributed by atoms with Crippen LogP contribution in [0.25, 0.3) is 0 Å². The van der Waals surface area contributed by atoms with Gasteiger partial charge in [0.2, 0.25) is 0 Å². The summed E-state index contributed by atoms with van der Waals surface area (Å²) >= 11 is 0. The van der Waals surface area contributed by atoms with Gasteiger partial charge < -0.3 is 5.32 Å². The molecule has 2 nitrogen and oxygen atoms in total. The van der Waals surface area contributed by atoms with Crippen LogP contribution in [0.1, 0.15) is 37.8 Å². The molecule has 1 N–H and O–H groups in total. The van der Waals surface area contributed by atoms with Gasteiger partial charge in [-0.2, -0.15) is 0 Å². The lowest BCUT2D eigenvalue weighted by atomic mass is 9.74. The molecular formula is C18H28N2. The van der Waals surface area contributed by atoms with Gasteiger partial charge in [-0.15, -0.1) is 0 Å². The lowest BCUT2D eigenvalue weighted by Gasteiger charge is -2.42. The Morgan fingerprint density at radius 1 is 1.25 bits per heavy atom. The molecule has 1 fully saturated rings. The molecule has 2 heteroatoms. The second-order valence-corrected chi connectivity index (χ2v) is 7.26. The van der Waals surface area contributed by atoms with Crippen LogP contribution in [0.4, 0.5) is 0 Å². The normalized spacial score (nSPS) is 24.4. The van der Waals surface area contributed by atoms with Crippen LogP contribution in [-0.2, 0) is 13.0 Å². The Morgan fingerprint density at radius 2 is 2.05 bits per heavy atom. The van der Waals surface area contributed by atoms with E-state index < -0.39 is 0 Å². The van der Waals surface area contributed by atoms with E-state index in [0.717, 1.165) is 12.5 Å². The summed E-state index contributed by atoms with van der Waals surface area (Å²) in [5, 5.41) is 3.58. The molecule has 2 aliphatic heterocycles. The molecule has 110 valence electrons. The maximum atomic E-state index is 3.58. The van der Waals surface area contributed by atoms with Crippen molar-refractivity contribution in [3.63, 3.8) is 0 Å². The molecule has 3 rings (SSSR count). The molecule has 0 amide bonds. The minimum absolute atomic E-state index is 0.416. The maximum Gasteiger partial charge on any atom is 0.0236 e. The minimum Gasteiger partial charge on any atom is -0.316 e. The first-order valence-corrected chi connectivity index (χ1v) is 8.15. The van der Waals surface area contributed by atoms with Gasteiger partial charge in [0, 0.05) is 19.6 Å². The number of hydrogen-bond donors (Lipinski definition) is 1. The first kappa shape index (κ1) is 14.1. The molecule has 0 aromatic heterocycles. The predicted molar refractivity (Wildman–Crippen MR) is 84.8 cm³/mol. The fourth-order valence-electron chi connectivity index (χ4n) is 3.91. The van der Waals surface area contributed by atoms with Crippen LogP contribution in [0.3, 0.4) is 0 Å². The van der Waals surface area contributed by atoms with Crippen LogP contribution in [-0.4, -0.2) is 31.1 Å². The molecule has 2 heterocycles. The molecule has 1 aromatic rings.